The van der Waals surface area contributed by atoms with Gasteiger partial charge in [0.15, 0.2) is 6.10 Å². The molecule has 322 valence electrons. The fourth-order valence-electron chi connectivity index (χ4n) is 6.25. The van der Waals surface area contributed by atoms with Gasteiger partial charge in [-0.25, -0.2) is 0 Å². The molecule has 0 saturated carbocycles. The lowest BCUT2D eigenvalue weighted by Gasteiger charge is -2.18. The summed E-state index contributed by atoms with van der Waals surface area (Å²) in [6, 6.07) is 0. The molecule has 0 aliphatic carbocycles. The quantitative estimate of drug-likeness (QED) is 0.0202. The number of hydrogen-bond donors (Lipinski definition) is 0. The SMILES string of the molecule is CC\C=C/C=C\C=C/CCCCCCCC(=O)OCC(COC(=O)CCCCCCC/C=C\CCCCC)OC(=O)CCCCC/C=C\CCCCCCCC. The molecule has 0 aromatic heterocycles. The number of carbonyl (C=O) groups excluding carboxylic acids is 3. The van der Waals surface area contributed by atoms with Gasteiger partial charge in [-0.15, -0.1) is 0 Å². The first kappa shape index (κ1) is 53.1. The summed E-state index contributed by atoms with van der Waals surface area (Å²) in [4.78, 5) is 37.8. The van der Waals surface area contributed by atoms with E-state index in [9.17, 15) is 14.4 Å². The van der Waals surface area contributed by atoms with Crippen LogP contribution in [0.2, 0.25) is 0 Å². The summed E-state index contributed by atoms with van der Waals surface area (Å²) in [6.07, 6.45) is 53.4. The highest BCUT2D eigenvalue weighted by atomic mass is 16.6. The molecule has 0 radical (unpaired) electrons. The van der Waals surface area contributed by atoms with Gasteiger partial charge in [-0.2, -0.15) is 0 Å². The lowest BCUT2D eigenvalue weighted by molar-refractivity contribution is -0.167. The number of allylic oxidation sites excluding steroid dienone is 10. The third-order valence-electron chi connectivity index (χ3n) is 9.79. The second kappa shape index (κ2) is 44.8. The predicted molar refractivity (Wildman–Crippen MR) is 238 cm³/mol. The molecule has 0 aliphatic heterocycles. The Balaban J connectivity index is 4.45. The largest absolute Gasteiger partial charge is 0.462 e. The molecule has 0 aromatic carbocycles. The zero-order valence-corrected chi connectivity index (χ0v) is 36.6. The Morgan fingerprint density at radius 1 is 0.375 bits per heavy atom. The number of carbonyl (C=O) groups is 3. The molecular weight excluding hydrogens is 697 g/mol. The highest BCUT2D eigenvalue weighted by Gasteiger charge is 2.19. The van der Waals surface area contributed by atoms with E-state index < -0.39 is 6.10 Å². The van der Waals surface area contributed by atoms with E-state index >= 15 is 0 Å². The normalized spacial score (nSPS) is 12.6. The first-order chi connectivity index (χ1) is 27.5. The summed E-state index contributed by atoms with van der Waals surface area (Å²) < 4.78 is 16.7. The predicted octanol–water partition coefficient (Wildman–Crippen LogP) is 14.9. The topological polar surface area (TPSA) is 78.9 Å². The number of esters is 3. The number of unbranched alkanes of at least 4 members (excludes halogenated alkanes) is 22. The molecular formula is C50H86O6. The van der Waals surface area contributed by atoms with E-state index in [-0.39, 0.29) is 31.1 Å². The minimum Gasteiger partial charge on any atom is -0.462 e. The van der Waals surface area contributed by atoms with Crippen LogP contribution in [0.5, 0.6) is 0 Å². The van der Waals surface area contributed by atoms with Crippen LogP contribution in [0.25, 0.3) is 0 Å². The molecule has 1 unspecified atom stereocenters. The Bertz CT molecular complexity index is 1040. The van der Waals surface area contributed by atoms with E-state index in [1.165, 1.54) is 77.0 Å². The van der Waals surface area contributed by atoms with E-state index in [4.69, 9.17) is 14.2 Å². The summed E-state index contributed by atoms with van der Waals surface area (Å²) >= 11 is 0. The maximum Gasteiger partial charge on any atom is 0.306 e. The monoisotopic (exact) mass is 783 g/mol. The van der Waals surface area contributed by atoms with Gasteiger partial charge in [-0.1, -0.05) is 171 Å². The zero-order valence-electron chi connectivity index (χ0n) is 36.6. The van der Waals surface area contributed by atoms with Crippen molar-refractivity contribution in [3.63, 3.8) is 0 Å². The van der Waals surface area contributed by atoms with Crippen LogP contribution < -0.4 is 0 Å². The molecule has 0 spiro atoms. The molecule has 0 aromatic rings. The van der Waals surface area contributed by atoms with Crippen LogP contribution in [0.1, 0.15) is 220 Å². The maximum absolute atomic E-state index is 12.7. The highest BCUT2D eigenvalue weighted by molar-refractivity contribution is 5.71. The van der Waals surface area contributed by atoms with Crippen molar-refractivity contribution in [1.82, 2.24) is 0 Å². The Hall–Kier alpha value is -2.89. The average Bonchev–Trinajstić information content (AvgIpc) is 3.19. The molecule has 0 aliphatic rings. The van der Waals surface area contributed by atoms with Gasteiger partial charge in [-0.05, 0) is 89.9 Å². The maximum atomic E-state index is 12.7. The van der Waals surface area contributed by atoms with E-state index in [1.807, 2.05) is 0 Å². The molecule has 0 saturated heterocycles. The Labute approximate surface area is 345 Å². The second-order valence-electron chi connectivity index (χ2n) is 15.3. The van der Waals surface area contributed by atoms with Crippen LogP contribution in [0.3, 0.4) is 0 Å². The average molecular weight is 783 g/mol. The summed E-state index contributed by atoms with van der Waals surface area (Å²) in [5.41, 5.74) is 0. The molecule has 6 heteroatoms. The van der Waals surface area contributed by atoms with Gasteiger partial charge in [0.2, 0.25) is 0 Å². The van der Waals surface area contributed by atoms with Crippen LogP contribution >= 0.6 is 0 Å². The van der Waals surface area contributed by atoms with Crippen molar-refractivity contribution in [2.75, 3.05) is 13.2 Å². The van der Waals surface area contributed by atoms with Gasteiger partial charge in [0.25, 0.3) is 0 Å². The van der Waals surface area contributed by atoms with Gasteiger partial charge < -0.3 is 14.2 Å². The zero-order chi connectivity index (χ0) is 40.8. The van der Waals surface area contributed by atoms with Gasteiger partial charge in [0.1, 0.15) is 13.2 Å². The first-order valence-electron chi connectivity index (χ1n) is 23.3. The molecule has 6 nitrogen and oxygen atoms in total. The Kier molecular flexibility index (Phi) is 42.5. The molecule has 0 amide bonds. The molecule has 56 heavy (non-hydrogen) atoms. The van der Waals surface area contributed by atoms with Crippen molar-refractivity contribution in [3.8, 4) is 0 Å². The highest BCUT2D eigenvalue weighted by Crippen LogP contribution is 2.13. The standard InChI is InChI=1S/C50H86O6/c1-4-7-10-13-16-19-22-25-28-31-34-37-40-43-49(52)55-46-47(45-54-48(51)42-39-36-33-30-27-24-21-18-15-12-9-6-3)56-50(53)44-41-38-35-32-29-26-23-20-17-14-11-8-5-2/h7,10,13,16,18-19,21-22,26,29,47H,4-6,8-9,11-12,14-15,17,20,23-25,27-28,30-46H2,1-3H3/b10-7-,16-13-,21-18-,22-19-,29-26-. The summed E-state index contributed by atoms with van der Waals surface area (Å²) in [7, 11) is 0. The minimum absolute atomic E-state index is 0.0917. The van der Waals surface area contributed by atoms with Crippen molar-refractivity contribution in [1.29, 1.82) is 0 Å². The number of rotatable bonds is 41. The molecule has 0 heterocycles. The lowest BCUT2D eigenvalue weighted by Crippen LogP contribution is -2.30. The van der Waals surface area contributed by atoms with E-state index in [2.05, 4.69) is 81.5 Å². The third kappa shape index (κ3) is 42.3. The Morgan fingerprint density at radius 2 is 0.714 bits per heavy atom. The van der Waals surface area contributed by atoms with Crippen LogP contribution in [-0.4, -0.2) is 37.2 Å². The number of ether oxygens (including phenoxy) is 3. The molecule has 0 bridgehead atoms. The molecule has 1 atom stereocenters. The molecule has 0 rings (SSSR count). The van der Waals surface area contributed by atoms with Crippen molar-refractivity contribution >= 4 is 17.9 Å². The van der Waals surface area contributed by atoms with Crippen molar-refractivity contribution in [2.24, 2.45) is 0 Å². The van der Waals surface area contributed by atoms with E-state index in [0.29, 0.717) is 19.3 Å². The van der Waals surface area contributed by atoms with Crippen LogP contribution in [0.4, 0.5) is 0 Å². The smallest absolute Gasteiger partial charge is 0.306 e. The van der Waals surface area contributed by atoms with Gasteiger partial charge in [0, 0.05) is 19.3 Å². The first-order valence-corrected chi connectivity index (χ1v) is 23.3. The van der Waals surface area contributed by atoms with Gasteiger partial charge >= 0.3 is 17.9 Å². The second-order valence-corrected chi connectivity index (χ2v) is 15.3. The fraction of sp³-hybridized carbons (Fsp3) is 0.740. The summed E-state index contributed by atoms with van der Waals surface area (Å²) in [5.74, 6) is -0.940. The van der Waals surface area contributed by atoms with Crippen LogP contribution in [0.15, 0.2) is 60.8 Å². The summed E-state index contributed by atoms with van der Waals surface area (Å²) in [5, 5.41) is 0. The van der Waals surface area contributed by atoms with Crippen molar-refractivity contribution in [3.05, 3.63) is 60.8 Å². The molecule has 0 fully saturated rings. The third-order valence-corrected chi connectivity index (χ3v) is 9.79. The number of hydrogen-bond acceptors (Lipinski definition) is 6. The minimum atomic E-state index is -0.791. The fourth-order valence-corrected chi connectivity index (χ4v) is 6.25. The van der Waals surface area contributed by atoms with Crippen molar-refractivity contribution in [2.45, 2.75) is 226 Å². The van der Waals surface area contributed by atoms with Gasteiger partial charge in [0.05, 0.1) is 0 Å². The van der Waals surface area contributed by atoms with Crippen molar-refractivity contribution < 1.29 is 28.6 Å². The van der Waals surface area contributed by atoms with Crippen LogP contribution in [0, 0.1) is 0 Å². The Morgan fingerprint density at radius 3 is 1.18 bits per heavy atom. The molecule has 0 N–H and O–H groups in total. The van der Waals surface area contributed by atoms with E-state index in [1.54, 1.807) is 0 Å². The van der Waals surface area contributed by atoms with E-state index in [0.717, 1.165) is 103 Å². The van der Waals surface area contributed by atoms with Crippen LogP contribution in [-0.2, 0) is 28.6 Å². The lowest BCUT2D eigenvalue weighted by atomic mass is 10.1. The van der Waals surface area contributed by atoms with Gasteiger partial charge in [-0.3, -0.25) is 14.4 Å². The summed E-state index contributed by atoms with van der Waals surface area (Å²) in [6.45, 7) is 6.42.